The fraction of sp³-hybridized carbons (Fsp3) is 0.240. The molecule has 5 rings (SSSR count). The van der Waals surface area contributed by atoms with E-state index in [4.69, 9.17) is 5.10 Å². The van der Waals surface area contributed by atoms with Crippen LogP contribution in [0.2, 0.25) is 0 Å². The van der Waals surface area contributed by atoms with E-state index in [0.717, 1.165) is 26.0 Å². The molecule has 0 bridgehead atoms. The lowest BCUT2D eigenvalue weighted by Crippen LogP contribution is -2.36. The molecule has 1 fully saturated rings. The average Bonchev–Trinajstić information content (AvgIpc) is 3.52. The van der Waals surface area contributed by atoms with Crippen LogP contribution in [0.15, 0.2) is 60.8 Å². The topological polar surface area (TPSA) is 144 Å². The second kappa shape index (κ2) is 9.19. The van der Waals surface area contributed by atoms with Crippen molar-refractivity contribution in [2.75, 3.05) is 17.7 Å². The van der Waals surface area contributed by atoms with E-state index >= 15 is 0 Å². The monoisotopic (exact) mass is 536 g/mol. The first-order valence-corrected chi connectivity index (χ1v) is 13.3. The smallest absolute Gasteiger partial charge is 0.347 e. The lowest BCUT2D eigenvalue weighted by molar-refractivity contribution is 0.132. The van der Waals surface area contributed by atoms with E-state index in [9.17, 15) is 18.0 Å². The van der Waals surface area contributed by atoms with Crippen LogP contribution in [0.1, 0.15) is 32.0 Å². The van der Waals surface area contributed by atoms with Crippen LogP contribution in [0.25, 0.3) is 16.6 Å². The van der Waals surface area contributed by atoms with Crippen LogP contribution >= 0.6 is 0 Å². The third-order valence-corrected chi connectivity index (χ3v) is 7.51. The van der Waals surface area contributed by atoms with Crippen LogP contribution in [0.5, 0.6) is 0 Å². The molecule has 4 aromatic rings. The van der Waals surface area contributed by atoms with Crippen molar-refractivity contribution >= 4 is 44.7 Å². The number of carbonyl (C=O) groups is 2. The van der Waals surface area contributed by atoms with Gasteiger partial charge in [0.05, 0.1) is 17.9 Å². The molecular formula is C25H28N8O4S. The second-order valence-electron chi connectivity index (χ2n) is 10.0. The van der Waals surface area contributed by atoms with E-state index in [1.165, 1.54) is 7.05 Å². The molecule has 3 heterocycles. The molecule has 198 valence electrons. The molecule has 12 nitrogen and oxygen atoms in total. The summed E-state index contributed by atoms with van der Waals surface area (Å²) in [5.41, 5.74) is 3.46. The van der Waals surface area contributed by atoms with Gasteiger partial charge in [-0.3, -0.25) is 5.32 Å². The summed E-state index contributed by atoms with van der Waals surface area (Å²) in [6.45, 7) is 6.06. The number of rotatable bonds is 5. The van der Waals surface area contributed by atoms with Crippen molar-refractivity contribution in [3.8, 4) is 5.69 Å². The Morgan fingerprint density at radius 3 is 2.42 bits per heavy atom. The van der Waals surface area contributed by atoms with Crippen molar-refractivity contribution in [1.29, 1.82) is 0 Å². The van der Waals surface area contributed by atoms with E-state index in [1.54, 1.807) is 28.9 Å². The summed E-state index contributed by atoms with van der Waals surface area (Å²) >= 11 is 0. The summed E-state index contributed by atoms with van der Waals surface area (Å²) < 4.78 is 28.9. The minimum Gasteiger partial charge on any atom is -0.361 e. The lowest BCUT2D eigenvalue weighted by Gasteiger charge is -2.20. The number of anilines is 2. The maximum absolute atomic E-state index is 12.9. The Bertz CT molecular complexity index is 1630. The van der Waals surface area contributed by atoms with Gasteiger partial charge in [-0.1, -0.05) is 37.3 Å². The molecule has 2 aromatic heterocycles. The zero-order valence-corrected chi connectivity index (χ0v) is 22.1. The van der Waals surface area contributed by atoms with Crippen molar-refractivity contribution in [3.63, 3.8) is 0 Å². The van der Waals surface area contributed by atoms with Crippen LogP contribution in [0, 0.1) is 0 Å². The van der Waals surface area contributed by atoms with Crippen molar-refractivity contribution in [3.05, 3.63) is 72.1 Å². The van der Waals surface area contributed by atoms with Gasteiger partial charge in [0.2, 0.25) is 0 Å². The van der Waals surface area contributed by atoms with Crippen LogP contribution in [0.4, 0.5) is 21.1 Å². The molecule has 38 heavy (non-hydrogen) atoms. The Balaban J connectivity index is 1.38. The summed E-state index contributed by atoms with van der Waals surface area (Å²) in [5.74, 6) is 0.472. The molecule has 4 N–H and O–H groups in total. The molecule has 0 unspecified atom stereocenters. The molecule has 0 atom stereocenters. The van der Waals surface area contributed by atoms with Crippen LogP contribution in [-0.2, 0) is 22.2 Å². The van der Waals surface area contributed by atoms with Gasteiger partial charge in [-0.25, -0.2) is 24.0 Å². The van der Waals surface area contributed by atoms with Gasteiger partial charge in [0, 0.05) is 41.3 Å². The van der Waals surface area contributed by atoms with Crippen molar-refractivity contribution in [1.82, 2.24) is 28.9 Å². The first-order valence-electron chi connectivity index (χ1n) is 11.8. The predicted molar refractivity (Wildman–Crippen MR) is 144 cm³/mol. The molecule has 0 radical (unpaired) electrons. The number of nitrogens with zero attached hydrogens (tertiary/aromatic N) is 4. The highest BCUT2D eigenvalue weighted by Gasteiger charge is 2.38. The Kier molecular flexibility index (Phi) is 6.12. The maximum Gasteiger partial charge on any atom is 0.347 e. The summed E-state index contributed by atoms with van der Waals surface area (Å²) in [6.07, 6.45) is 1.84. The van der Waals surface area contributed by atoms with Gasteiger partial charge < -0.3 is 10.3 Å². The van der Waals surface area contributed by atoms with Crippen LogP contribution in [-0.4, -0.2) is 51.7 Å². The quantitative estimate of drug-likeness (QED) is 0.306. The van der Waals surface area contributed by atoms with Gasteiger partial charge in [-0.05, 0) is 42.0 Å². The maximum atomic E-state index is 12.9. The van der Waals surface area contributed by atoms with E-state index in [-0.39, 0.29) is 12.0 Å². The zero-order valence-electron chi connectivity index (χ0n) is 21.3. The first-order chi connectivity index (χ1) is 17.9. The molecule has 1 aliphatic rings. The summed E-state index contributed by atoms with van der Waals surface area (Å²) in [4.78, 5) is 27.8. The number of carbonyl (C=O) groups excluding carboxylic acids is 2. The number of benzene rings is 2. The number of H-pyrrole nitrogens is 1. The molecule has 0 aliphatic carbocycles. The highest BCUT2D eigenvalue weighted by molar-refractivity contribution is 7.88. The molecule has 4 amide bonds. The number of aromatic nitrogens is 3. The zero-order chi connectivity index (χ0) is 27.2. The van der Waals surface area contributed by atoms with Gasteiger partial charge in [0.1, 0.15) is 5.82 Å². The number of amides is 4. The number of hydrogen-bond acceptors (Lipinski definition) is 5. The molecule has 0 saturated carbocycles. The number of fused-ring (bicyclic) bond motifs is 1. The third kappa shape index (κ3) is 4.93. The van der Waals surface area contributed by atoms with E-state index in [1.807, 2.05) is 62.0 Å². The fourth-order valence-electron chi connectivity index (χ4n) is 4.02. The van der Waals surface area contributed by atoms with Gasteiger partial charge in [0.15, 0.2) is 0 Å². The standard InChI is InChI=1S/C25H28N8O4S/c1-25(2,3)21-14-22(28-23(34)27-18-7-10-20-17(13-18)11-12-26-20)33(29-21)19-8-5-16(6-9-19)15-32-31(4)24(35)30-38(32,36)37/h5-14,26H,15H2,1-4H3,(H,30,35)(H2,27,28,34). The minimum absolute atomic E-state index is 0.0246. The number of hydrogen-bond donors (Lipinski definition) is 4. The highest BCUT2D eigenvalue weighted by atomic mass is 32.2. The Labute approximate surface area is 219 Å². The largest absolute Gasteiger partial charge is 0.361 e. The minimum atomic E-state index is -3.93. The van der Waals surface area contributed by atoms with Crippen molar-refractivity contribution < 1.29 is 18.0 Å². The number of urea groups is 2. The predicted octanol–water partition coefficient (Wildman–Crippen LogP) is 3.91. The molecule has 0 spiro atoms. The lowest BCUT2D eigenvalue weighted by atomic mass is 9.92. The normalized spacial score (nSPS) is 15.6. The van der Waals surface area contributed by atoms with Gasteiger partial charge in [-0.2, -0.15) is 13.5 Å². The SMILES string of the molecule is CN1C(=O)NS(=O)(=O)N1Cc1ccc(-n2nc(C(C)(C)C)cc2NC(=O)Nc2ccc3[nH]ccc3c2)cc1. The third-order valence-electron chi connectivity index (χ3n) is 6.15. The van der Waals surface area contributed by atoms with Gasteiger partial charge in [-0.15, -0.1) is 0 Å². The Morgan fingerprint density at radius 2 is 1.76 bits per heavy atom. The second-order valence-corrected chi connectivity index (χ2v) is 11.6. The first kappa shape index (κ1) is 25.3. The van der Waals surface area contributed by atoms with E-state index in [2.05, 4.69) is 15.6 Å². The summed E-state index contributed by atoms with van der Waals surface area (Å²) in [7, 11) is -2.55. The molecule has 13 heteroatoms. The molecule has 2 aromatic carbocycles. The summed E-state index contributed by atoms with van der Waals surface area (Å²) in [6, 6.07) is 15.2. The van der Waals surface area contributed by atoms with E-state index in [0.29, 0.717) is 22.8 Å². The molecular weight excluding hydrogens is 508 g/mol. The van der Waals surface area contributed by atoms with Crippen LogP contribution in [0.3, 0.4) is 0 Å². The highest BCUT2D eigenvalue weighted by Crippen LogP contribution is 2.27. The Morgan fingerprint density at radius 1 is 1.03 bits per heavy atom. The fourth-order valence-corrected chi connectivity index (χ4v) is 5.20. The molecule has 1 saturated heterocycles. The number of hydrazine groups is 1. The summed E-state index contributed by atoms with van der Waals surface area (Å²) in [5, 5.41) is 12.5. The molecule has 1 aliphatic heterocycles. The van der Waals surface area contributed by atoms with Gasteiger partial charge in [0.25, 0.3) is 0 Å². The van der Waals surface area contributed by atoms with E-state index < -0.39 is 22.3 Å². The number of nitrogens with one attached hydrogen (secondary N) is 4. The average molecular weight is 537 g/mol. The van der Waals surface area contributed by atoms with Crippen LogP contribution < -0.4 is 15.4 Å². The Hall–Kier alpha value is -4.36. The van der Waals surface area contributed by atoms with Crippen molar-refractivity contribution in [2.24, 2.45) is 0 Å². The van der Waals surface area contributed by atoms with Gasteiger partial charge >= 0.3 is 22.3 Å². The van der Waals surface area contributed by atoms with Crippen molar-refractivity contribution in [2.45, 2.75) is 32.7 Å². The number of aromatic amines is 1.